The van der Waals surface area contributed by atoms with Gasteiger partial charge in [-0.25, -0.2) is 17.5 Å². The molecule has 11 heteroatoms. The van der Waals surface area contributed by atoms with E-state index in [2.05, 4.69) is 20.2 Å². The average Bonchev–Trinajstić information content (AvgIpc) is 3.15. The number of aromatic nitrogens is 3. The molecular weight excluding hydrogens is 465 g/mol. The minimum atomic E-state index is -3.65. The summed E-state index contributed by atoms with van der Waals surface area (Å²) in [4.78, 5) is 12.6. The zero-order valence-electron chi connectivity index (χ0n) is 18.8. The molecule has 3 aromatic rings. The van der Waals surface area contributed by atoms with Crippen molar-refractivity contribution < 1.29 is 17.6 Å². The Hall–Kier alpha value is -2.76. The molecule has 0 bridgehead atoms. The minimum Gasteiger partial charge on any atom is -0.325 e. The molecule has 0 aliphatic heterocycles. The summed E-state index contributed by atoms with van der Waals surface area (Å²) in [6, 6.07) is 11.1. The number of thioether (sulfide) groups is 1. The van der Waals surface area contributed by atoms with Gasteiger partial charge in [0.05, 0.1) is 16.2 Å². The molecule has 1 amide bonds. The average molecular weight is 492 g/mol. The Kier molecular flexibility index (Phi) is 7.88. The summed E-state index contributed by atoms with van der Waals surface area (Å²) in [6.07, 6.45) is 0. The molecule has 0 atom stereocenters. The highest BCUT2D eigenvalue weighted by Crippen LogP contribution is 2.27. The molecule has 0 unspecified atom stereocenters. The molecule has 0 aliphatic carbocycles. The Balaban J connectivity index is 1.77. The molecule has 0 radical (unpaired) electrons. The summed E-state index contributed by atoms with van der Waals surface area (Å²) in [5.41, 5.74) is 1.29. The molecular formula is C22H26FN5O3S2. The Morgan fingerprint density at radius 3 is 2.58 bits per heavy atom. The fourth-order valence-electron chi connectivity index (χ4n) is 3.17. The van der Waals surface area contributed by atoms with Crippen LogP contribution in [0.4, 0.5) is 10.1 Å². The summed E-state index contributed by atoms with van der Waals surface area (Å²) in [5.74, 6) is -0.0424. The van der Waals surface area contributed by atoms with E-state index in [1.54, 1.807) is 37.3 Å². The molecule has 1 aromatic heterocycles. The lowest BCUT2D eigenvalue weighted by atomic mass is 10.2. The van der Waals surface area contributed by atoms with E-state index in [-0.39, 0.29) is 22.5 Å². The minimum absolute atomic E-state index is 0.0233. The molecule has 8 nitrogen and oxygen atoms in total. The quantitative estimate of drug-likeness (QED) is 0.442. The van der Waals surface area contributed by atoms with Gasteiger partial charge in [0.2, 0.25) is 15.9 Å². The zero-order chi connectivity index (χ0) is 24.2. The van der Waals surface area contributed by atoms with Crippen LogP contribution >= 0.6 is 11.8 Å². The smallest absolute Gasteiger partial charge is 0.240 e. The van der Waals surface area contributed by atoms with E-state index < -0.39 is 15.8 Å². The number of aryl methyl sites for hydroxylation is 1. The van der Waals surface area contributed by atoms with Gasteiger partial charge >= 0.3 is 0 Å². The summed E-state index contributed by atoms with van der Waals surface area (Å²) in [6.45, 7) is 6.30. The van der Waals surface area contributed by atoms with Gasteiger partial charge in [0.25, 0.3) is 0 Å². The number of carbonyl (C=O) groups is 1. The number of carbonyl (C=O) groups excluding carboxylic acids is 1. The normalized spacial score (nSPS) is 11.7. The van der Waals surface area contributed by atoms with E-state index in [9.17, 15) is 17.6 Å². The van der Waals surface area contributed by atoms with E-state index in [4.69, 9.17) is 0 Å². The van der Waals surface area contributed by atoms with Gasteiger partial charge in [0, 0.05) is 12.2 Å². The van der Waals surface area contributed by atoms with Crippen molar-refractivity contribution in [1.82, 2.24) is 19.5 Å². The molecule has 1 heterocycles. The predicted molar refractivity (Wildman–Crippen MR) is 127 cm³/mol. The Morgan fingerprint density at radius 1 is 1.18 bits per heavy atom. The third kappa shape index (κ3) is 5.98. The lowest BCUT2D eigenvalue weighted by Crippen LogP contribution is -2.20. The van der Waals surface area contributed by atoms with Crippen LogP contribution in [0.3, 0.4) is 0 Å². The van der Waals surface area contributed by atoms with Crippen LogP contribution in [0, 0.1) is 18.7 Å². The number of hydrogen-bond acceptors (Lipinski definition) is 6. The molecule has 3 rings (SSSR count). The summed E-state index contributed by atoms with van der Waals surface area (Å²) < 4.78 is 42.8. The van der Waals surface area contributed by atoms with Crippen molar-refractivity contribution in [1.29, 1.82) is 0 Å². The number of nitrogens with zero attached hydrogens (tertiary/aromatic N) is 3. The van der Waals surface area contributed by atoms with Crippen molar-refractivity contribution >= 4 is 33.4 Å². The van der Waals surface area contributed by atoms with Crippen LogP contribution in [0.2, 0.25) is 0 Å². The van der Waals surface area contributed by atoms with Gasteiger partial charge in [-0.15, -0.1) is 10.2 Å². The van der Waals surface area contributed by atoms with Crippen LogP contribution in [-0.4, -0.2) is 41.9 Å². The maximum atomic E-state index is 14.3. The van der Waals surface area contributed by atoms with Crippen LogP contribution in [0.5, 0.6) is 0 Å². The van der Waals surface area contributed by atoms with E-state index in [0.717, 1.165) is 0 Å². The van der Waals surface area contributed by atoms with E-state index in [0.29, 0.717) is 34.3 Å². The highest BCUT2D eigenvalue weighted by molar-refractivity contribution is 7.99. The molecule has 0 fully saturated rings. The number of hydrogen-bond donors (Lipinski definition) is 2. The fraction of sp³-hybridized carbons (Fsp3) is 0.318. The van der Waals surface area contributed by atoms with Crippen molar-refractivity contribution in [2.45, 2.75) is 37.4 Å². The zero-order valence-corrected chi connectivity index (χ0v) is 20.4. The topological polar surface area (TPSA) is 106 Å². The number of benzene rings is 2. The monoisotopic (exact) mass is 491 g/mol. The van der Waals surface area contributed by atoms with E-state index >= 15 is 0 Å². The van der Waals surface area contributed by atoms with Crippen molar-refractivity contribution in [3.63, 3.8) is 0 Å². The van der Waals surface area contributed by atoms with Gasteiger partial charge in [-0.05, 0) is 49.7 Å². The second-order valence-electron chi connectivity index (χ2n) is 7.82. The number of sulfonamides is 1. The van der Waals surface area contributed by atoms with Gasteiger partial charge in [-0.3, -0.25) is 4.79 Å². The number of rotatable bonds is 9. The maximum absolute atomic E-state index is 14.3. The SMILES string of the molecule is CNS(=O)(=O)c1cc(NC(=O)CSc2nnc(-c3ccccc3F)n2CC(C)C)ccc1C. The van der Waals surface area contributed by atoms with Gasteiger partial charge in [-0.2, -0.15) is 0 Å². The lowest BCUT2D eigenvalue weighted by Gasteiger charge is -2.13. The van der Waals surface area contributed by atoms with Crippen LogP contribution in [0.15, 0.2) is 52.5 Å². The molecule has 0 spiro atoms. The van der Waals surface area contributed by atoms with E-state index in [1.165, 1.54) is 30.9 Å². The van der Waals surface area contributed by atoms with Crippen LogP contribution in [0.1, 0.15) is 19.4 Å². The first-order valence-corrected chi connectivity index (χ1v) is 12.7. The summed E-state index contributed by atoms with van der Waals surface area (Å²) in [7, 11) is -2.31. The van der Waals surface area contributed by atoms with Crippen LogP contribution in [0.25, 0.3) is 11.4 Å². The second-order valence-corrected chi connectivity index (χ2v) is 10.6. The Bertz CT molecular complexity index is 1260. The van der Waals surface area contributed by atoms with Crippen molar-refractivity contribution in [2.75, 3.05) is 18.1 Å². The van der Waals surface area contributed by atoms with Crippen LogP contribution in [-0.2, 0) is 21.4 Å². The highest BCUT2D eigenvalue weighted by Gasteiger charge is 2.19. The predicted octanol–water partition coefficient (Wildman–Crippen LogP) is 3.69. The van der Waals surface area contributed by atoms with Crippen molar-refractivity contribution in [2.24, 2.45) is 5.92 Å². The Morgan fingerprint density at radius 2 is 1.91 bits per heavy atom. The summed E-state index contributed by atoms with van der Waals surface area (Å²) in [5, 5.41) is 11.6. The van der Waals surface area contributed by atoms with Gasteiger partial charge < -0.3 is 9.88 Å². The van der Waals surface area contributed by atoms with Crippen LogP contribution < -0.4 is 10.0 Å². The first kappa shape index (κ1) is 24.9. The lowest BCUT2D eigenvalue weighted by molar-refractivity contribution is -0.113. The largest absolute Gasteiger partial charge is 0.325 e. The number of anilines is 1. The van der Waals surface area contributed by atoms with Gasteiger partial charge in [0.1, 0.15) is 5.82 Å². The van der Waals surface area contributed by atoms with E-state index in [1.807, 2.05) is 18.4 Å². The number of nitrogens with one attached hydrogen (secondary N) is 2. The third-order valence-electron chi connectivity index (χ3n) is 4.74. The first-order chi connectivity index (χ1) is 15.6. The summed E-state index contributed by atoms with van der Waals surface area (Å²) >= 11 is 1.18. The molecule has 0 saturated carbocycles. The molecule has 176 valence electrons. The fourth-order valence-corrected chi connectivity index (χ4v) is 4.91. The van der Waals surface area contributed by atoms with Crippen molar-refractivity contribution in [3.8, 4) is 11.4 Å². The van der Waals surface area contributed by atoms with Gasteiger partial charge in [0.15, 0.2) is 11.0 Å². The number of halogens is 1. The number of amides is 1. The molecule has 2 aromatic carbocycles. The van der Waals surface area contributed by atoms with Crippen molar-refractivity contribution in [3.05, 3.63) is 53.8 Å². The maximum Gasteiger partial charge on any atom is 0.240 e. The first-order valence-electron chi connectivity index (χ1n) is 10.3. The Labute approximate surface area is 197 Å². The standard InChI is InChI=1S/C22H26FN5O3S2/c1-14(2)12-28-21(17-7-5-6-8-18(17)23)26-27-22(28)32-13-20(29)25-16-10-9-15(3)19(11-16)33(30,31)24-4/h5-11,14,24H,12-13H2,1-4H3,(H,25,29). The highest BCUT2D eigenvalue weighted by atomic mass is 32.2. The van der Waals surface area contributed by atoms with Gasteiger partial charge in [-0.1, -0.05) is 43.8 Å². The second kappa shape index (κ2) is 10.4. The molecule has 2 N–H and O–H groups in total. The molecule has 0 saturated heterocycles. The molecule has 0 aliphatic rings. The third-order valence-corrected chi connectivity index (χ3v) is 7.26. The molecule has 33 heavy (non-hydrogen) atoms.